The molecule has 1 saturated carbocycles. The third kappa shape index (κ3) is 2.47. The molecule has 25 heavy (non-hydrogen) atoms. The summed E-state index contributed by atoms with van der Waals surface area (Å²) in [7, 11) is 0. The zero-order chi connectivity index (χ0) is 17.1. The van der Waals surface area contributed by atoms with E-state index in [9.17, 15) is 9.90 Å². The van der Waals surface area contributed by atoms with Gasteiger partial charge in [-0.2, -0.15) is 0 Å². The summed E-state index contributed by atoms with van der Waals surface area (Å²) in [5.74, 6) is 0.391. The molecule has 1 amide bonds. The Morgan fingerprint density at radius 2 is 2.12 bits per heavy atom. The van der Waals surface area contributed by atoms with Crippen molar-refractivity contribution in [3.05, 3.63) is 29.3 Å². The van der Waals surface area contributed by atoms with E-state index >= 15 is 0 Å². The maximum absolute atomic E-state index is 13.4. The van der Waals surface area contributed by atoms with Crippen LogP contribution in [0.15, 0.2) is 18.2 Å². The zero-order valence-corrected chi connectivity index (χ0v) is 15.6. The van der Waals surface area contributed by atoms with E-state index in [1.165, 1.54) is 5.56 Å². The standard InChI is InChI=1S/C19H26N2O3.ClH/c1-18(2)16-15(4-3-9-24-16)19(18,20)17(23)21-8-7-12-5-6-14(22)10-13(12)11-21;/h5-6,10,15-16,22H,3-4,7-9,11,20H2,1-2H3;1H. The van der Waals surface area contributed by atoms with E-state index in [0.29, 0.717) is 13.1 Å². The van der Waals surface area contributed by atoms with E-state index in [2.05, 4.69) is 13.8 Å². The van der Waals surface area contributed by atoms with Crippen LogP contribution in [0.25, 0.3) is 0 Å². The summed E-state index contributed by atoms with van der Waals surface area (Å²) < 4.78 is 5.91. The minimum absolute atomic E-state index is 0. The zero-order valence-electron chi connectivity index (χ0n) is 14.8. The van der Waals surface area contributed by atoms with Crippen LogP contribution < -0.4 is 5.73 Å². The highest BCUT2D eigenvalue weighted by atomic mass is 35.5. The third-order valence-corrected chi connectivity index (χ3v) is 6.53. The topological polar surface area (TPSA) is 75.8 Å². The molecular weight excluding hydrogens is 340 g/mol. The van der Waals surface area contributed by atoms with E-state index < -0.39 is 5.54 Å². The normalized spacial score (nSPS) is 32.7. The van der Waals surface area contributed by atoms with Gasteiger partial charge in [0, 0.05) is 31.0 Å². The molecule has 1 aromatic rings. The molecule has 0 spiro atoms. The van der Waals surface area contributed by atoms with Crippen molar-refractivity contribution in [2.75, 3.05) is 13.2 Å². The van der Waals surface area contributed by atoms with Gasteiger partial charge in [0.05, 0.1) is 6.10 Å². The summed E-state index contributed by atoms with van der Waals surface area (Å²) in [4.78, 5) is 15.2. The first-order valence-corrected chi connectivity index (χ1v) is 8.86. The van der Waals surface area contributed by atoms with Gasteiger partial charge in [-0.25, -0.2) is 0 Å². The largest absolute Gasteiger partial charge is 0.508 e. The van der Waals surface area contributed by atoms with Crippen LogP contribution in [0.5, 0.6) is 5.75 Å². The maximum atomic E-state index is 13.4. The average Bonchev–Trinajstić information content (AvgIpc) is 2.59. The summed E-state index contributed by atoms with van der Waals surface area (Å²) >= 11 is 0. The van der Waals surface area contributed by atoms with Crippen LogP contribution in [0.4, 0.5) is 0 Å². The monoisotopic (exact) mass is 366 g/mol. The Labute approximate surface area is 154 Å². The number of phenolic OH excluding ortho intramolecular Hbond substituents is 1. The second-order valence-corrected chi connectivity index (χ2v) is 8.06. The predicted molar refractivity (Wildman–Crippen MR) is 97.6 cm³/mol. The van der Waals surface area contributed by atoms with Gasteiger partial charge < -0.3 is 20.5 Å². The van der Waals surface area contributed by atoms with Crippen molar-refractivity contribution in [1.82, 2.24) is 4.90 Å². The number of carbonyl (C=O) groups is 1. The minimum Gasteiger partial charge on any atom is -0.508 e. The number of amides is 1. The quantitative estimate of drug-likeness (QED) is 0.799. The van der Waals surface area contributed by atoms with Crippen molar-refractivity contribution in [1.29, 1.82) is 0 Å². The van der Waals surface area contributed by atoms with Crippen molar-refractivity contribution in [2.24, 2.45) is 17.1 Å². The van der Waals surface area contributed by atoms with Gasteiger partial charge in [-0.3, -0.25) is 4.79 Å². The van der Waals surface area contributed by atoms with Gasteiger partial charge in [-0.1, -0.05) is 19.9 Å². The van der Waals surface area contributed by atoms with Crippen molar-refractivity contribution in [3.63, 3.8) is 0 Å². The van der Waals surface area contributed by atoms with Gasteiger partial charge in [-0.15, -0.1) is 12.4 Å². The van der Waals surface area contributed by atoms with E-state index in [0.717, 1.165) is 31.4 Å². The lowest BCUT2D eigenvalue weighted by molar-refractivity contribution is -0.230. The molecule has 1 saturated heterocycles. The number of rotatable bonds is 1. The number of halogens is 1. The third-order valence-electron chi connectivity index (χ3n) is 6.53. The molecule has 0 radical (unpaired) electrons. The minimum atomic E-state index is -0.855. The number of fused-ring (bicyclic) bond motifs is 2. The van der Waals surface area contributed by atoms with Crippen LogP contribution in [0.3, 0.4) is 0 Å². The summed E-state index contributed by atoms with van der Waals surface area (Å²) in [6.45, 7) is 6.09. The average molecular weight is 367 g/mol. The van der Waals surface area contributed by atoms with Gasteiger partial charge in [0.2, 0.25) is 5.91 Å². The molecule has 3 unspecified atom stereocenters. The number of nitrogens with two attached hydrogens (primary N) is 1. The second-order valence-electron chi connectivity index (χ2n) is 8.06. The van der Waals surface area contributed by atoms with Crippen molar-refractivity contribution in [3.8, 4) is 5.75 Å². The second kappa shape index (κ2) is 6.15. The number of hydrogen-bond donors (Lipinski definition) is 2. The fourth-order valence-corrected chi connectivity index (χ4v) is 4.99. The number of hydrogen-bond acceptors (Lipinski definition) is 4. The number of nitrogens with zero attached hydrogens (tertiary/aromatic N) is 1. The Morgan fingerprint density at radius 3 is 2.88 bits per heavy atom. The molecule has 3 aliphatic rings. The maximum Gasteiger partial charge on any atom is 0.244 e. The Hall–Kier alpha value is -1.30. The number of phenols is 1. The number of aromatic hydroxyl groups is 1. The molecule has 0 aromatic heterocycles. The molecule has 5 nitrogen and oxygen atoms in total. The first-order chi connectivity index (χ1) is 11.4. The van der Waals surface area contributed by atoms with Crippen molar-refractivity contribution in [2.45, 2.75) is 51.3 Å². The lowest BCUT2D eigenvalue weighted by Crippen LogP contribution is -2.82. The van der Waals surface area contributed by atoms with E-state index in [-0.39, 0.29) is 41.5 Å². The van der Waals surface area contributed by atoms with Crippen molar-refractivity contribution < 1.29 is 14.6 Å². The molecular formula is C19H27ClN2O3. The van der Waals surface area contributed by atoms with Crippen LogP contribution in [-0.2, 0) is 22.5 Å². The lowest BCUT2D eigenvalue weighted by atomic mass is 9.46. The Balaban J connectivity index is 0.00000182. The van der Waals surface area contributed by atoms with E-state index in [1.54, 1.807) is 12.1 Å². The number of carbonyl (C=O) groups excluding carboxylic acids is 1. The molecule has 3 atom stereocenters. The first kappa shape index (κ1) is 18.5. The number of ether oxygens (including phenoxy) is 1. The Morgan fingerprint density at radius 1 is 1.36 bits per heavy atom. The summed E-state index contributed by atoms with van der Waals surface area (Å²) in [6, 6.07) is 5.42. The molecule has 1 aliphatic carbocycles. The fourth-order valence-electron chi connectivity index (χ4n) is 4.99. The summed E-state index contributed by atoms with van der Waals surface area (Å²) in [5, 5.41) is 9.72. The molecule has 2 fully saturated rings. The highest BCUT2D eigenvalue weighted by molar-refractivity contribution is 5.89. The fraction of sp³-hybridized carbons (Fsp3) is 0.632. The highest BCUT2D eigenvalue weighted by Gasteiger charge is 2.70. The Bertz CT molecular complexity index is 693. The van der Waals surface area contributed by atoms with E-state index in [1.807, 2.05) is 11.0 Å². The Kier molecular flexibility index (Phi) is 4.55. The first-order valence-electron chi connectivity index (χ1n) is 8.86. The molecule has 2 heterocycles. The van der Waals surface area contributed by atoms with E-state index in [4.69, 9.17) is 10.5 Å². The van der Waals surface area contributed by atoms with Crippen LogP contribution in [0.2, 0.25) is 0 Å². The van der Waals surface area contributed by atoms with Gasteiger partial charge in [-0.05, 0) is 42.5 Å². The smallest absolute Gasteiger partial charge is 0.244 e. The molecule has 4 rings (SSSR count). The van der Waals surface area contributed by atoms with Crippen LogP contribution in [0, 0.1) is 11.3 Å². The van der Waals surface area contributed by atoms with Crippen LogP contribution >= 0.6 is 12.4 Å². The highest BCUT2D eigenvalue weighted by Crippen LogP contribution is 2.58. The van der Waals surface area contributed by atoms with Crippen molar-refractivity contribution >= 4 is 18.3 Å². The lowest BCUT2D eigenvalue weighted by Gasteiger charge is -2.65. The van der Waals surface area contributed by atoms with Crippen LogP contribution in [0.1, 0.15) is 37.8 Å². The molecule has 138 valence electrons. The SMILES string of the molecule is CC1(C)C2OCCCC2C1(N)C(=O)N1CCc2ccc(O)cc2C1.Cl. The van der Waals surface area contributed by atoms with Gasteiger partial charge >= 0.3 is 0 Å². The molecule has 2 aliphatic heterocycles. The molecule has 3 N–H and O–H groups in total. The predicted octanol–water partition coefficient (Wildman–Crippen LogP) is 2.23. The summed E-state index contributed by atoms with van der Waals surface area (Å²) in [5.41, 5.74) is 7.75. The van der Waals surface area contributed by atoms with Gasteiger partial charge in [0.25, 0.3) is 0 Å². The van der Waals surface area contributed by atoms with Gasteiger partial charge in [0.15, 0.2) is 0 Å². The molecule has 6 heteroatoms. The number of benzene rings is 1. The molecule has 0 bridgehead atoms. The summed E-state index contributed by atoms with van der Waals surface area (Å²) in [6.07, 6.45) is 2.82. The van der Waals surface area contributed by atoms with Gasteiger partial charge in [0.1, 0.15) is 11.3 Å². The van der Waals surface area contributed by atoms with Crippen LogP contribution in [-0.4, -0.2) is 40.7 Å². The molecule has 1 aromatic carbocycles.